The molecule has 0 aliphatic carbocycles. The van der Waals surface area contributed by atoms with Gasteiger partial charge in [0, 0.05) is 12.0 Å². The van der Waals surface area contributed by atoms with E-state index in [9.17, 15) is 10.2 Å². The van der Waals surface area contributed by atoms with Gasteiger partial charge in [0.15, 0.2) is 6.35 Å². The van der Waals surface area contributed by atoms with Crippen LogP contribution in [0, 0.1) is 5.92 Å². The molecule has 0 aromatic heterocycles. The molecule has 72 valence electrons. The van der Waals surface area contributed by atoms with Gasteiger partial charge in [0.25, 0.3) is 0 Å². The standard InChI is InChI=1S/C8H18N2O2/c1-5-6(2)9(3)8(12)10(4)7(5)11/h5-8,11-12H,1-4H3. The molecule has 2 N–H and O–H groups in total. The maximum atomic E-state index is 9.64. The van der Waals surface area contributed by atoms with Crippen LogP contribution in [-0.4, -0.2) is 52.7 Å². The van der Waals surface area contributed by atoms with Gasteiger partial charge in [-0.2, -0.15) is 0 Å². The summed E-state index contributed by atoms with van der Waals surface area (Å²) < 4.78 is 0. The third-order valence-corrected chi connectivity index (χ3v) is 3.02. The molecule has 1 saturated heterocycles. The van der Waals surface area contributed by atoms with Crippen molar-refractivity contribution in [2.24, 2.45) is 5.92 Å². The highest BCUT2D eigenvalue weighted by atomic mass is 16.3. The SMILES string of the molecule is CC1C(C)N(C)C(O)N(C)C1O. The van der Waals surface area contributed by atoms with Crippen molar-refractivity contribution >= 4 is 0 Å². The number of hydrogen-bond acceptors (Lipinski definition) is 4. The molecule has 0 radical (unpaired) electrons. The fraction of sp³-hybridized carbons (Fsp3) is 1.00. The third-order valence-electron chi connectivity index (χ3n) is 3.02. The second kappa shape index (κ2) is 3.30. The number of hydrogen-bond donors (Lipinski definition) is 2. The fourth-order valence-corrected chi connectivity index (χ4v) is 1.63. The largest absolute Gasteiger partial charge is 0.378 e. The fourth-order valence-electron chi connectivity index (χ4n) is 1.63. The summed E-state index contributed by atoms with van der Waals surface area (Å²) in [6.45, 7) is 3.98. The van der Waals surface area contributed by atoms with Gasteiger partial charge in [0.2, 0.25) is 0 Å². The zero-order valence-electron chi connectivity index (χ0n) is 8.10. The average Bonchev–Trinajstić information content (AvgIpc) is 2.08. The molecule has 0 bridgehead atoms. The lowest BCUT2D eigenvalue weighted by Crippen LogP contribution is -2.62. The average molecular weight is 174 g/mol. The monoisotopic (exact) mass is 174 g/mol. The summed E-state index contributed by atoms with van der Waals surface area (Å²) >= 11 is 0. The topological polar surface area (TPSA) is 46.9 Å². The van der Waals surface area contributed by atoms with Crippen molar-refractivity contribution in [2.75, 3.05) is 14.1 Å². The summed E-state index contributed by atoms with van der Waals surface area (Å²) in [4.78, 5) is 3.40. The summed E-state index contributed by atoms with van der Waals surface area (Å²) in [5, 5.41) is 19.2. The Hall–Kier alpha value is -0.160. The van der Waals surface area contributed by atoms with Gasteiger partial charge in [-0.15, -0.1) is 0 Å². The van der Waals surface area contributed by atoms with E-state index in [1.165, 1.54) is 0 Å². The lowest BCUT2D eigenvalue weighted by molar-refractivity contribution is -0.223. The summed E-state index contributed by atoms with van der Waals surface area (Å²) in [6, 6.07) is 0.200. The Kier molecular flexibility index (Phi) is 2.73. The first-order valence-corrected chi connectivity index (χ1v) is 4.26. The molecule has 1 aliphatic heterocycles. The molecule has 0 aromatic rings. The number of nitrogens with zero attached hydrogens (tertiary/aromatic N) is 2. The van der Waals surface area contributed by atoms with Crippen molar-refractivity contribution in [2.45, 2.75) is 32.5 Å². The minimum absolute atomic E-state index is 0.156. The smallest absolute Gasteiger partial charge is 0.167 e. The normalized spacial score (nSPS) is 46.5. The minimum atomic E-state index is -0.675. The van der Waals surface area contributed by atoms with E-state index in [2.05, 4.69) is 0 Å². The highest BCUT2D eigenvalue weighted by molar-refractivity contribution is 4.82. The molecule has 1 heterocycles. The zero-order chi connectivity index (χ0) is 9.46. The van der Waals surface area contributed by atoms with E-state index in [0.29, 0.717) is 0 Å². The van der Waals surface area contributed by atoms with Crippen LogP contribution in [0.15, 0.2) is 0 Å². The Bertz CT molecular complexity index is 107. The molecule has 1 fully saturated rings. The van der Waals surface area contributed by atoms with Gasteiger partial charge >= 0.3 is 0 Å². The summed E-state index contributed by atoms with van der Waals surface area (Å²) in [6.07, 6.45) is -1.22. The Balaban J connectivity index is 2.76. The first kappa shape index (κ1) is 9.92. The minimum Gasteiger partial charge on any atom is -0.378 e. The number of aliphatic hydroxyl groups excluding tert-OH is 2. The molecule has 12 heavy (non-hydrogen) atoms. The van der Waals surface area contributed by atoms with E-state index in [0.717, 1.165) is 0 Å². The first-order chi connectivity index (χ1) is 5.46. The predicted molar refractivity (Wildman–Crippen MR) is 46.2 cm³/mol. The second-order valence-corrected chi connectivity index (χ2v) is 3.69. The van der Waals surface area contributed by atoms with E-state index >= 15 is 0 Å². The van der Waals surface area contributed by atoms with Crippen LogP contribution in [-0.2, 0) is 0 Å². The van der Waals surface area contributed by atoms with Crippen LogP contribution >= 0.6 is 0 Å². The molecule has 4 heteroatoms. The first-order valence-electron chi connectivity index (χ1n) is 4.26. The molecule has 4 atom stereocenters. The third kappa shape index (κ3) is 1.35. The Morgan fingerprint density at radius 3 is 2.00 bits per heavy atom. The summed E-state index contributed by atoms with van der Waals surface area (Å²) in [5.41, 5.74) is 0. The van der Waals surface area contributed by atoms with Gasteiger partial charge in [-0.25, -0.2) is 4.90 Å². The van der Waals surface area contributed by atoms with Crippen molar-refractivity contribution in [3.05, 3.63) is 0 Å². The van der Waals surface area contributed by atoms with Crippen molar-refractivity contribution in [3.8, 4) is 0 Å². The lowest BCUT2D eigenvalue weighted by Gasteiger charge is -2.47. The molecule has 0 aromatic carbocycles. The van der Waals surface area contributed by atoms with Crippen LogP contribution in [0.3, 0.4) is 0 Å². The zero-order valence-corrected chi connectivity index (χ0v) is 8.10. The van der Waals surface area contributed by atoms with Gasteiger partial charge in [-0.3, -0.25) is 4.90 Å². The Morgan fingerprint density at radius 2 is 1.50 bits per heavy atom. The molecule has 4 nitrogen and oxygen atoms in total. The maximum absolute atomic E-state index is 9.64. The van der Waals surface area contributed by atoms with Gasteiger partial charge in [0.1, 0.15) is 6.23 Å². The molecular formula is C8H18N2O2. The molecule has 0 saturated carbocycles. The molecule has 1 rings (SSSR count). The van der Waals surface area contributed by atoms with Gasteiger partial charge in [-0.1, -0.05) is 6.92 Å². The number of rotatable bonds is 0. The highest BCUT2D eigenvalue weighted by Crippen LogP contribution is 2.24. The Labute approximate surface area is 73.4 Å². The lowest BCUT2D eigenvalue weighted by atomic mass is 9.97. The van der Waals surface area contributed by atoms with Gasteiger partial charge in [0.05, 0.1) is 0 Å². The van der Waals surface area contributed by atoms with Crippen LogP contribution in [0.5, 0.6) is 0 Å². The molecule has 1 aliphatic rings. The van der Waals surface area contributed by atoms with Crippen molar-refractivity contribution in [1.82, 2.24) is 9.80 Å². The molecule has 4 unspecified atom stereocenters. The summed E-state index contributed by atoms with van der Waals surface area (Å²) in [7, 11) is 3.57. The van der Waals surface area contributed by atoms with E-state index < -0.39 is 12.6 Å². The molecule has 0 amide bonds. The van der Waals surface area contributed by atoms with E-state index in [1.54, 1.807) is 11.9 Å². The molecular weight excluding hydrogens is 156 g/mol. The van der Waals surface area contributed by atoms with Gasteiger partial charge in [-0.05, 0) is 21.0 Å². The van der Waals surface area contributed by atoms with Crippen molar-refractivity contribution in [1.29, 1.82) is 0 Å². The van der Waals surface area contributed by atoms with Crippen molar-refractivity contribution < 1.29 is 10.2 Å². The van der Waals surface area contributed by atoms with Crippen molar-refractivity contribution in [3.63, 3.8) is 0 Å². The van der Waals surface area contributed by atoms with E-state index in [1.807, 2.05) is 25.8 Å². The Morgan fingerprint density at radius 1 is 1.00 bits per heavy atom. The quantitative estimate of drug-likeness (QED) is 0.519. The van der Waals surface area contributed by atoms with Gasteiger partial charge < -0.3 is 10.2 Å². The maximum Gasteiger partial charge on any atom is 0.167 e. The van der Waals surface area contributed by atoms with E-state index in [-0.39, 0.29) is 12.0 Å². The second-order valence-electron chi connectivity index (χ2n) is 3.69. The van der Waals surface area contributed by atoms with Crippen LogP contribution < -0.4 is 0 Å². The number of aliphatic hydroxyl groups is 2. The van der Waals surface area contributed by atoms with E-state index in [4.69, 9.17) is 0 Å². The summed E-state index contributed by atoms with van der Waals surface area (Å²) in [5.74, 6) is 0.156. The van der Waals surface area contributed by atoms with Crippen LogP contribution in [0.4, 0.5) is 0 Å². The van der Waals surface area contributed by atoms with Crippen LogP contribution in [0.25, 0.3) is 0 Å². The predicted octanol–water partition coefficient (Wildman–Crippen LogP) is -0.518. The highest BCUT2D eigenvalue weighted by Gasteiger charge is 2.38. The van der Waals surface area contributed by atoms with Crippen LogP contribution in [0.1, 0.15) is 13.8 Å². The molecule has 0 spiro atoms. The van der Waals surface area contributed by atoms with Crippen LogP contribution in [0.2, 0.25) is 0 Å².